The molecule has 0 aromatic rings. The summed E-state index contributed by atoms with van der Waals surface area (Å²) in [6, 6.07) is 0. The van der Waals surface area contributed by atoms with Crippen molar-refractivity contribution in [1.29, 1.82) is 0 Å². The Labute approximate surface area is 77.7 Å². The van der Waals surface area contributed by atoms with E-state index in [0.29, 0.717) is 5.41 Å². The highest BCUT2D eigenvalue weighted by Crippen LogP contribution is 2.51. The Kier molecular flexibility index (Phi) is 2.85. The highest BCUT2D eigenvalue weighted by Gasteiger charge is 2.42. The third-order valence-corrected chi connectivity index (χ3v) is 4.06. The minimum absolute atomic E-state index is 0.598. The zero-order valence-electron chi connectivity index (χ0n) is 9.35. The van der Waals surface area contributed by atoms with Gasteiger partial charge < -0.3 is 0 Å². The molecular formula is C12H24. The Morgan fingerprint density at radius 2 is 1.83 bits per heavy atom. The summed E-state index contributed by atoms with van der Waals surface area (Å²) in [5, 5.41) is 0. The van der Waals surface area contributed by atoms with Crippen LogP contribution in [0.15, 0.2) is 0 Å². The van der Waals surface area contributed by atoms with Gasteiger partial charge in [0.2, 0.25) is 0 Å². The zero-order valence-corrected chi connectivity index (χ0v) is 9.35. The van der Waals surface area contributed by atoms with Crippen LogP contribution in [-0.2, 0) is 0 Å². The van der Waals surface area contributed by atoms with Crippen LogP contribution in [0.3, 0.4) is 0 Å². The van der Waals surface area contributed by atoms with Gasteiger partial charge in [0.15, 0.2) is 0 Å². The van der Waals surface area contributed by atoms with Gasteiger partial charge in [0.05, 0.1) is 0 Å². The van der Waals surface area contributed by atoms with Crippen LogP contribution >= 0.6 is 0 Å². The molecule has 0 amide bonds. The van der Waals surface area contributed by atoms with Gasteiger partial charge >= 0.3 is 0 Å². The summed E-state index contributed by atoms with van der Waals surface area (Å²) in [5.74, 6) is 2.94. The standard InChI is InChI=1S/C12H24/c1-6-7-12(4,5)11-8-9(2)10(11)3/h9-11H,6-8H2,1-5H3. The number of hydrogen-bond acceptors (Lipinski definition) is 0. The summed E-state index contributed by atoms with van der Waals surface area (Å²) in [5.41, 5.74) is 0.598. The van der Waals surface area contributed by atoms with E-state index in [0.717, 1.165) is 17.8 Å². The van der Waals surface area contributed by atoms with Gasteiger partial charge in [-0.15, -0.1) is 0 Å². The monoisotopic (exact) mass is 168 g/mol. The minimum atomic E-state index is 0.598. The van der Waals surface area contributed by atoms with Gasteiger partial charge in [0.25, 0.3) is 0 Å². The van der Waals surface area contributed by atoms with E-state index < -0.39 is 0 Å². The summed E-state index contributed by atoms with van der Waals surface area (Å²) in [4.78, 5) is 0. The predicted octanol–water partition coefficient (Wildman–Crippen LogP) is 4.10. The van der Waals surface area contributed by atoms with Crippen LogP contribution in [0, 0.1) is 23.2 Å². The average molecular weight is 168 g/mol. The summed E-state index contributed by atoms with van der Waals surface area (Å²) in [7, 11) is 0. The SMILES string of the molecule is CCCC(C)(C)C1CC(C)C1C. The lowest BCUT2D eigenvalue weighted by molar-refractivity contribution is -0.00556. The van der Waals surface area contributed by atoms with Crippen molar-refractivity contribution in [3.05, 3.63) is 0 Å². The van der Waals surface area contributed by atoms with E-state index in [2.05, 4.69) is 34.6 Å². The molecular weight excluding hydrogens is 144 g/mol. The lowest BCUT2D eigenvalue weighted by Gasteiger charge is -2.50. The van der Waals surface area contributed by atoms with E-state index in [1.165, 1.54) is 19.3 Å². The second-order valence-corrected chi connectivity index (χ2v) is 5.42. The van der Waals surface area contributed by atoms with Gasteiger partial charge in [-0.25, -0.2) is 0 Å². The molecule has 0 spiro atoms. The molecule has 0 aromatic carbocycles. The van der Waals surface area contributed by atoms with Gasteiger partial charge in [-0.3, -0.25) is 0 Å². The topological polar surface area (TPSA) is 0 Å². The maximum absolute atomic E-state index is 2.45. The molecule has 3 atom stereocenters. The molecule has 3 unspecified atom stereocenters. The fourth-order valence-electron chi connectivity index (χ4n) is 2.89. The fraction of sp³-hybridized carbons (Fsp3) is 1.00. The zero-order chi connectivity index (χ0) is 9.35. The third kappa shape index (κ3) is 1.67. The van der Waals surface area contributed by atoms with E-state index in [9.17, 15) is 0 Å². The van der Waals surface area contributed by atoms with Crippen molar-refractivity contribution in [3.8, 4) is 0 Å². The largest absolute Gasteiger partial charge is 0.0654 e. The molecule has 0 aromatic heterocycles. The van der Waals surface area contributed by atoms with E-state index in [-0.39, 0.29) is 0 Å². The number of hydrogen-bond donors (Lipinski definition) is 0. The molecule has 0 radical (unpaired) electrons. The van der Waals surface area contributed by atoms with Gasteiger partial charge in [0, 0.05) is 0 Å². The molecule has 0 heteroatoms. The molecule has 0 heterocycles. The highest BCUT2D eigenvalue weighted by molar-refractivity contribution is 4.92. The molecule has 0 bridgehead atoms. The fourth-order valence-corrected chi connectivity index (χ4v) is 2.89. The van der Waals surface area contributed by atoms with Crippen molar-refractivity contribution >= 4 is 0 Å². The molecule has 1 aliphatic carbocycles. The molecule has 0 aliphatic heterocycles. The van der Waals surface area contributed by atoms with Gasteiger partial charge in [-0.05, 0) is 36.0 Å². The van der Waals surface area contributed by atoms with E-state index in [1.54, 1.807) is 0 Å². The van der Waals surface area contributed by atoms with Crippen molar-refractivity contribution in [2.24, 2.45) is 23.2 Å². The summed E-state index contributed by atoms with van der Waals surface area (Å²) >= 11 is 0. The average Bonchev–Trinajstić information content (AvgIpc) is 1.99. The number of rotatable bonds is 3. The van der Waals surface area contributed by atoms with Crippen LogP contribution in [0.1, 0.15) is 53.9 Å². The summed E-state index contributed by atoms with van der Waals surface area (Å²) in [6.07, 6.45) is 4.20. The maximum Gasteiger partial charge on any atom is -0.0323 e. The van der Waals surface area contributed by atoms with Crippen molar-refractivity contribution in [3.63, 3.8) is 0 Å². The Balaban J connectivity index is 2.47. The molecule has 0 N–H and O–H groups in total. The predicted molar refractivity (Wildman–Crippen MR) is 55.1 cm³/mol. The molecule has 1 rings (SSSR count). The minimum Gasteiger partial charge on any atom is -0.0654 e. The van der Waals surface area contributed by atoms with Crippen LogP contribution in [0.4, 0.5) is 0 Å². The summed E-state index contributed by atoms with van der Waals surface area (Å²) in [6.45, 7) is 12.0. The van der Waals surface area contributed by atoms with Gasteiger partial charge in [-0.1, -0.05) is 41.0 Å². The molecule has 0 saturated heterocycles. The molecule has 1 saturated carbocycles. The first kappa shape index (κ1) is 10.1. The molecule has 1 fully saturated rings. The van der Waals surface area contributed by atoms with Crippen LogP contribution in [0.5, 0.6) is 0 Å². The van der Waals surface area contributed by atoms with Gasteiger partial charge in [0.1, 0.15) is 0 Å². The van der Waals surface area contributed by atoms with Crippen molar-refractivity contribution < 1.29 is 0 Å². The van der Waals surface area contributed by atoms with Crippen LogP contribution in [-0.4, -0.2) is 0 Å². The second-order valence-electron chi connectivity index (χ2n) is 5.42. The Morgan fingerprint density at radius 3 is 2.17 bits per heavy atom. The Hall–Kier alpha value is 0. The van der Waals surface area contributed by atoms with E-state index in [1.807, 2.05) is 0 Å². The first-order chi connectivity index (χ1) is 5.49. The van der Waals surface area contributed by atoms with E-state index >= 15 is 0 Å². The van der Waals surface area contributed by atoms with E-state index in [4.69, 9.17) is 0 Å². The quantitative estimate of drug-likeness (QED) is 0.595. The summed E-state index contributed by atoms with van der Waals surface area (Å²) < 4.78 is 0. The van der Waals surface area contributed by atoms with Crippen molar-refractivity contribution in [2.45, 2.75) is 53.9 Å². The first-order valence-corrected chi connectivity index (χ1v) is 5.49. The molecule has 1 aliphatic rings. The Morgan fingerprint density at radius 1 is 1.25 bits per heavy atom. The second kappa shape index (κ2) is 3.40. The molecule has 72 valence electrons. The highest BCUT2D eigenvalue weighted by atomic mass is 14.5. The Bertz CT molecular complexity index is 146. The lowest BCUT2D eigenvalue weighted by atomic mass is 9.55. The van der Waals surface area contributed by atoms with Crippen molar-refractivity contribution in [2.75, 3.05) is 0 Å². The van der Waals surface area contributed by atoms with Crippen LogP contribution in [0.2, 0.25) is 0 Å². The maximum atomic E-state index is 2.45. The van der Waals surface area contributed by atoms with Crippen LogP contribution in [0.25, 0.3) is 0 Å². The van der Waals surface area contributed by atoms with Crippen LogP contribution < -0.4 is 0 Å². The van der Waals surface area contributed by atoms with Gasteiger partial charge in [-0.2, -0.15) is 0 Å². The molecule has 12 heavy (non-hydrogen) atoms. The third-order valence-electron chi connectivity index (χ3n) is 4.06. The van der Waals surface area contributed by atoms with Crippen molar-refractivity contribution in [1.82, 2.24) is 0 Å². The normalized spacial score (nSPS) is 36.2. The smallest absolute Gasteiger partial charge is 0.0323 e. The lowest BCUT2D eigenvalue weighted by Crippen LogP contribution is -2.42. The molecule has 0 nitrogen and oxygen atoms in total. The first-order valence-electron chi connectivity index (χ1n) is 5.49.